The minimum Gasteiger partial charge on any atom is -0.367 e. The Morgan fingerprint density at radius 3 is 2.23 bits per heavy atom. The summed E-state index contributed by atoms with van der Waals surface area (Å²) in [7, 11) is 0. The maximum absolute atomic E-state index is 11.1. The molecule has 1 aliphatic heterocycles. The van der Waals surface area contributed by atoms with Crippen molar-refractivity contribution in [3.05, 3.63) is 36.6 Å². The molecule has 0 aliphatic carbocycles. The van der Waals surface area contributed by atoms with Crippen LogP contribution < -0.4 is 10.6 Å². The Bertz CT molecular complexity index is 241. The van der Waals surface area contributed by atoms with Crippen molar-refractivity contribution in [3.63, 3.8) is 0 Å². The van der Waals surface area contributed by atoms with Crippen molar-refractivity contribution in [1.82, 2.24) is 10.6 Å². The number of rotatable bonds is 2. The Labute approximate surface area is 79.2 Å². The van der Waals surface area contributed by atoms with Gasteiger partial charge in [-0.15, -0.1) is 0 Å². The van der Waals surface area contributed by atoms with E-state index in [9.17, 15) is 4.79 Å². The Hall–Kier alpha value is -1.51. The van der Waals surface area contributed by atoms with Crippen LogP contribution in [0.25, 0.3) is 0 Å². The Kier molecular flexibility index (Phi) is 5.35. The first kappa shape index (κ1) is 11.5. The topological polar surface area (TPSA) is 41.1 Å². The normalized spacial score (nSPS) is 14.8. The SMILES string of the molecule is C=CC1=C(C=C)C(=O)NCN1.CC. The number of allylic oxidation sites excluding steroid dienone is 1. The first-order valence-electron chi connectivity index (χ1n) is 4.31. The summed E-state index contributed by atoms with van der Waals surface area (Å²) >= 11 is 0. The van der Waals surface area contributed by atoms with Crippen LogP contribution in [0.2, 0.25) is 0 Å². The van der Waals surface area contributed by atoms with E-state index in [-0.39, 0.29) is 5.91 Å². The van der Waals surface area contributed by atoms with Crippen molar-refractivity contribution in [2.45, 2.75) is 13.8 Å². The van der Waals surface area contributed by atoms with Gasteiger partial charge >= 0.3 is 0 Å². The van der Waals surface area contributed by atoms with Crippen LogP contribution in [0.4, 0.5) is 0 Å². The van der Waals surface area contributed by atoms with E-state index >= 15 is 0 Å². The third-order valence-electron chi connectivity index (χ3n) is 1.47. The standard InChI is InChI=1S/C8H10N2O.C2H6/c1-3-6-7(4-2)9-5-10-8(6)11;1-2/h3-4,9H,1-2,5H2,(H,10,11);1-2H3. The molecule has 0 spiro atoms. The molecular weight excluding hydrogens is 164 g/mol. The van der Waals surface area contributed by atoms with Gasteiger partial charge in [-0.1, -0.05) is 33.1 Å². The fraction of sp³-hybridized carbons (Fsp3) is 0.300. The van der Waals surface area contributed by atoms with Gasteiger partial charge in [0.05, 0.1) is 12.2 Å². The largest absolute Gasteiger partial charge is 0.367 e. The van der Waals surface area contributed by atoms with Gasteiger partial charge in [-0.05, 0) is 6.08 Å². The molecule has 0 aromatic rings. The Morgan fingerprint density at radius 1 is 1.23 bits per heavy atom. The van der Waals surface area contributed by atoms with Crippen LogP contribution in [0.1, 0.15) is 13.8 Å². The van der Waals surface area contributed by atoms with E-state index in [2.05, 4.69) is 23.8 Å². The van der Waals surface area contributed by atoms with Gasteiger partial charge in [0.2, 0.25) is 0 Å². The van der Waals surface area contributed by atoms with Gasteiger partial charge < -0.3 is 10.6 Å². The van der Waals surface area contributed by atoms with Crippen LogP contribution in [0.3, 0.4) is 0 Å². The predicted octanol–water partition coefficient (Wildman–Crippen LogP) is 1.32. The molecule has 0 saturated heterocycles. The molecule has 1 heterocycles. The van der Waals surface area contributed by atoms with Crippen molar-refractivity contribution in [2.75, 3.05) is 6.67 Å². The summed E-state index contributed by atoms with van der Waals surface area (Å²) in [5, 5.41) is 5.58. The molecule has 1 aliphatic rings. The second-order valence-electron chi connectivity index (χ2n) is 2.10. The maximum Gasteiger partial charge on any atom is 0.254 e. The van der Waals surface area contributed by atoms with Gasteiger partial charge in [0.25, 0.3) is 5.91 Å². The van der Waals surface area contributed by atoms with E-state index in [4.69, 9.17) is 0 Å². The summed E-state index contributed by atoms with van der Waals surface area (Å²) in [6.07, 6.45) is 3.12. The van der Waals surface area contributed by atoms with E-state index in [1.54, 1.807) is 6.08 Å². The zero-order chi connectivity index (χ0) is 10.3. The molecule has 2 N–H and O–H groups in total. The third-order valence-corrected chi connectivity index (χ3v) is 1.47. The highest BCUT2D eigenvalue weighted by atomic mass is 16.1. The Balaban J connectivity index is 0.000000671. The molecule has 0 saturated carbocycles. The molecule has 0 fully saturated rings. The summed E-state index contributed by atoms with van der Waals surface area (Å²) in [6, 6.07) is 0. The molecule has 1 rings (SSSR count). The number of carbonyl (C=O) groups is 1. The van der Waals surface area contributed by atoms with Crippen LogP contribution in [0, 0.1) is 0 Å². The molecule has 0 bridgehead atoms. The zero-order valence-corrected chi connectivity index (χ0v) is 8.18. The number of hydrogen-bond acceptors (Lipinski definition) is 2. The minimum atomic E-state index is -0.103. The van der Waals surface area contributed by atoms with Gasteiger partial charge in [-0.2, -0.15) is 0 Å². The number of hydrogen-bond donors (Lipinski definition) is 2. The lowest BCUT2D eigenvalue weighted by atomic mass is 10.1. The van der Waals surface area contributed by atoms with Crippen molar-refractivity contribution in [3.8, 4) is 0 Å². The van der Waals surface area contributed by atoms with Crippen molar-refractivity contribution >= 4 is 5.91 Å². The molecule has 0 radical (unpaired) electrons. The summed E-state index contributed by atoms with van der Waals surface area (Å²) in [5.74, 6) is -0.103. The van der Waals surface area contributed by atoms with Crippen LogP contribution in [0.5, 0.6) is 0 Å². The smallest absolute Gasteiger partial charge is 0.254 e. The molecule has 72 valence electrons. The predicted molar refractivity (Wildman–Crippen MR) is 54.9 cm³/mol. The van der Waals surface area contributed by atoms with E-state index < -0.39 is 0 Å². The molecule has 0 aromatic heterocycles. The molecule has 13 heavy (non-hydrogen) atoms. The van der Waals surface area contributed by atoms with Crippen molar-refractivity contribution in [2.24, 2.45) is 0 Å². The van der Waals surface area contributed by atoms with Crippen molar-refractivity contribution in [1.29, 1.82) is 0 Å². The van der Waals surface area contributed by atoms with Gasteiger partial charge in [0.1, 0.15) is 0 Å². The highest BCUT2D eigenvalue weighted by Crippen LogP contribution is 2.06. The second-order valence-corrected chi connectivity index (χ2v) is 2.10. The summed E-state index contributed by atoms with van der Waals surface area (Å²) < 4.78 is 0. The zero-order valence-electron chi connectivity index (χ0n) is 8.18. The van der Waals surface area contributed by atoms with Crippen molar-refractivity contribution < 1.29 is 4.79 Å². The molecule has 3 heteroatoms. The van der Waals surface area contributed by atoms with Gasteiger partial charge in [0, 0.05) is 5.70 Å². The monoisotopic (exact) mass is 180 g/mol. The third kappa shape index (κ3) is 2.78. The number of amides is 1. The van der Waals surface area contributed by atoms with Gasteiger partial charge in [0.15, 0.2) is 0 Å². The first-order valence-corrected chi connectivity index (χ1v) is 4.31. The van der Waals surface area contributed by atoms with E-state index in [0.29, 0.717) is 12.2 Å². The maximum atomic E-state index is 11.1. The molecular formula is C10H16N2O. The van der Waals surface area contributed by atoms with Crippen LogP contribution in [-0.2, 0) is 4.79 Å². The van der Waals surface area contributed by atoms with E-state index in [1.165, 1.54) is 6.08 Å². The summed E-state index contributed by atoms with van der Waals surface area (Å²) in [5.41, 5.74) is 1.29. The summed E-state index contributed by atoms with van der Waals surface area (Å²) in [4.78, 5) is 11.1. The molecule has 0 atom stereocenters. The fourth-order valence-corrected chi connectivity index (χ4v) is 0.917. The Morgan fingerprint density at radius 2 is 1.85 bits per heavy atom. The average molecular weight is 180 g/mol. The van der Waals surface area contributed by atoms with Gasteiger partial charge in [-0.3, -0.25) is 4.79 Å². The molecule has 1 amide bonds. The number of nitrogens with one attached hydrogen (secondary N) is 2. The quantitative estimate of drug-likeness (QED) is 0.673. The van der Waals surface area contributed by atoms with E-state index in [0.717, 1.165) is 5.70 Å². The molecule has 0 unspecified atom stereocenters. The molecule has 0 aromatic carbocycles. The van der Waals surface area contributed by atoms with Crippen LogP contribution in [-0.4, -0.2) is 12.6 Å². The average Bonchev–Trinajstić information content (AvgIpc) is 2.20. The van der Waals surface area contributed by atoms with E-state index in [1.807, 2.05) is 13.8 Å². The lowest BCUT2D eigenvalue weighted by Crippen LogP contribution is -2.40. The first-order chi connectivity index (χ1) is 6.29. The van der Waals surface area contributed by atoms with Gasteiger partial charge in [-0.25, -0.2) is 0 Å². The summed E-state index contributed by atoms with van der Waals surface area (Å²) in [6.45, 7) is 11.6. The number of carbonyl (C=O) groups excluding carboxylic acids is 1. The fourth-order valence-electron chi connectivity index (χ4n) is 0.917. The van der Waals surface area contributed by atoms with Crippen LogP contribution >= 0.6 is 0 Å². The second kappa shape index (κ2) is 6.06. The minimum absolute atomic E-state index is 0.103. The lowest BCUT2D eigenvalue weighted by Gasteiger charge is -2.17. The lowest BCUT2D eigenvalue weighted by molar-refractivity contribution is -0.117. The highest BCUT2D eigenvalue weighted by Gasteiger charge is 2.13. The highest BCUT2D eigenvalue weighted by molar-refractivity contribution is 5.97. The molecule has 3 nitrogen and oxygen atoms in total. The van der Waals surface area contributed by atoms with Crippen LogP contribution in [0.15, 0.2) is 36.6 Å².